The van der Waals surface area contributed by atoms with Crippen molar-refractivity contribution in [2.45, 2.75) is 0 Å². The summed E-state index contributed by atoms with van der Waals surface area (Å²) in [6.07, 6.45) is 3.24. The van der Waals surface area contributed by atoms with Crippen molar-refractivity contribution in [3.05, 3.63) is 128 Å². The van der Waals surface area contributed by atoms with Gasteiger partial charge in [-0.1, -0.05) is 92.5 Å². The number of phenolic OH excluding ortho intramolecular Hbond substituents is 2. The summed E-state index contributed by atoms with van der Waals surface area (Å²) >= 11 is 9.69. The number of benzene rings is 4. The summed E-state index contributed by atoms with van der Waals surface area (Å²) in [5.41, 5.74) is 5.26. The Morgan fingerprint density at radius 1 is 0.581 bits per heavy atom. The van der Waals surface area contributed by atoms with Crippen LogP contribution in [-0.4, -0.2) is 32.6 Å². The number of rotatable bonds is 6. The number of aromatic nitrogens is 2. The van der Waals surface area contributed by atoms with Gasteiger partial charge in [0.15, 0.2) is 0 Å². The van der Waals surface area contributed by atoms with Crippen LogP contribution in [0.25, 0.3) is 22.5 Å². The SMILES string of the molecule is Oc1ccc(Br)cc1/C=N/c1nc(-c2ccccc2)cs1.Oc1ccc(Br)cc1/C=N/c1nc(-c2ccccc2)cs1.[Co]. The van der Waals surface area contributed by atoms with Crippen LogP contribution in [-0.2, 0) is 16.8 Å². The van der Waals surface area contributed by atoms with Crippen LogP contribution >= 0.6 is 54.5 Å². The summed E-state index contributed by atoms with van der Waals surface area (Å²) in [5.74, 6) is 0.392. The molecule has 2 heterocycles. The van der Waals surface area contributed by atoms with Gasteiger partial charge in [0.2, 0.25) is 10.3 Å². The average Bonchev–Trinajstić information content (AvgIpc) is 3.70. The van der Waals surface area contributed by atoms with Gasteiger partial charge in [-0.15, -0.1) is 22.7 Å². The van der Waals surface area contributed by atoms with Gasteiger partial charge in [-0.25, -0.2) is 20.0 Å². The average molecular weight is 777 g/mol. The van der Waals surface area contributed by atoms with E-state index in [2.05, 4.69) is 51.8 Å². The van der Waals surface area contributed by atoms with E-state index in [-0.39, 0.29) is 28.3 Å². The van der Waals surface area contributed by atoms with Gasteiger partial charge in [0.25, 0.3) is 0 Å². The Labute approximate surface area is 284 Å². The second-order valence-corrected chi connectivity index (χ2v) is 12.2. The van der Waals surface area contributed by atoms with E-state index in [0.29, 0.717) is 21.4 Å². The maximum absolute atomic E-state index is 9.77. The van der Waals surface area contributed by atoms with E-state index in [1.54, 1.807) is 36.7 Å². The quantitative estimate of drug-likeness (QED) is 0.165. The van der Waals surface area contributed by atoms with Crippen LogP contribution in [0.4, 0.5) is 10.3 Å². The molecule has 0 aliphatic rings. The molecular formula is C32H22Br2CoN4O2S2. The monoisotopic (exact) mass is 775 g/mol. The third-order valence-corrected chi connectivity index (χ3v) is 8.21. The van der Waals surface area contributed by atoms with Crippen LogP contribution in [0.2, 0.25) is 0 Å². The predicted molar refractivity (Wildman–Crippen MR) is 181 cm³/mol. The van der Waals surface area contributed by atoms with Crippen molar-refractivity contribution in [2.75, 3.05) is 0 Å². The number of aromatic hydroxyl groups is 2. The first-order valence-corrected chi connectivity index (χ1v) is 15.9. The molecule has 6 nitrogen and oxygen atoms in total. The summed E-state index contributed by atoms with van der Waals surface area (Å²) in [4.78, 5) is 17.6. The molecule has 1 radical (unpaired) electrons. The zero-order chi connectivity index (χ0) is 29.3. The first kappa shape index (κ1) is 32.5. The molecular weight excluding hydrogens is 755 g/mol. The fourth-order valence-electron chi connectivity index (χ4n) is 3.64. The first-order valence-electron chi connectivity index (χ1n) is 12.5. The normalized spacial score (nSPS) is 10.8. The largest absolute Gasteiger partial charge is 0.507 e. The standard InChI is InChI=1S/2C16H11BrN2OS.Co/c2*17-13-6-7-15(20)12(8-13)9-18-16-19-14(10-21-16)11-4-2-1-3-5-11;/h2*1-10,20H;/b2*18-9+;. The van der Waals surface area contributed by atoms with Gasteiger partial charge in [0.1, 0.15) is 11.5 Å². The smallest absolute Gasteiger partial charge is 0.209 e. The third kappa shape index (κ3) is 9.26. The molecule has 6 rings (SSSR count). The van der Waals surface area contributed by atoms with Crippen molar-refractivity contribution in [3.8, 4) is 34.0 Å². The van der Waals surface area contributed by atoms with Crippen molar-refractivity contribution >= 4 is 77.2 Å². The van der Waals surface area contributed by atoms with Crippen LogP contribution in [0.3, 0.4) is 0 Å². The van der Waals surface area contributed by atoms with E-state index in [0.717, 1.165) is 31.5 Å². The van der Waals surface area contributed by atoms with Crippen molar-refractivity contribution < 1.29 is 27.0 Å². The van der Waals surface area contributed by atoms with E-state index in [4.69, 9.17) is 0 Å². The number of halogens is 2. The molecule has 0 spiro atoms. The number of nitrogens with zero attached hydrogens (tertiary/aromatic N) is 4. The molecule has 217 valence electrons. The van der Waals surface area contributed by atoms with Crippen LogP contribution in [0.1, 0.15) is 11.1 Å². The maximum atomic E-state index is 9.77. The molecule has 0 fully saturated rings. The molecule has 0 atom stereocenters. The Morgan fingerprint density at radius 2 is 0.977 bits per heavy atom. The van der Waals surface area contributed by atoms with E-state index in [9.17, 15) is 10.2 Å². The predicted octanol–water partition coefficient (Wildman–Crippen LogP) is 10.1. The third-order valence-electron chi connectivity index (χ3n) is 5.73. The summed E-state index contributed by atoms with van der Waals surface area (Å²) in [7, 11) is 0. The van der Waals surface area contributed by atoms with Crippen molar-refractivity contribution in [1.29, 1.82) is 0 Å². The molecule has 0 saturated heterocycles. The van der Waals surface area contributed by atoms with E-state index >= 15 is 0 Å². The van der Waals surface area contributed by atoms with E-state index < -0.39 is 0 Å². The Kier molecular flexibility index (Phi) is 12.0. The number of hydrogen-bond donors (Lipinski definition) is 2. The fourth-order valence-corrected chi connectivity index (χ4v) is 5.74. The van der Waals surface area contributed by atoms with Gasteiger partial charge in [0, 0.05) is 71.2 Å². The zero-order valence-electron chi connectivity index (χ0n) is 22.1. The van der Waals surface area contributed by atoms with Crippen molar-refractivity contribution in [2.24, 2.45) is 9.98 Å². The molecule has 0 unspecified atom stereocenters. The summed E-state index contributed by atoms with van der Waals surface area (Å²) in [6, 6.07) is 30.4. The zero-order valence-corrected chi connectivity index (χ0v) is 28.0. The number of hydrogen-bond acceptors (Lipinski definition) is 8. The molecule has 0 aliphatic heterocycles. The number of phenols is 2. The summed E-state index contributed by atoms with van der Waals surface area (Å²) in [5, 5.41) is 24.8. The molecule has 0 saturated carbocycles. The molecule has 6 aromatic rings. The summed E-state index contributed by atoms with van der Waals surface area (Å²) in [6.45, 7) is 0. The minimum atomic E-state index is 0. The Balaban J connectivity index is 0.000000192. The minimum Gasteiger partial charge on any atom is -0.507 e. The van der Waals surface area contributed by atoms with Gasteiger partial charge in [-0.3, -0.25) is 0 Å². The van der Waals surface area contributed by atoms with Crippen LogP contribution in [0, 0.1) is 0 Å². The molecule has 2 aromatic heterocycles. The summed E-state index contributed by atoms with van der Waals surface area (Å²) < 4.78 is 1.79. The van der Waals surface area contributed by atoms with Gasteiger partial charge >= 0.3 is 0 Å². The maximum Gasteiger partial charge on any atom is 0.209 e. The second kappa shape index (κ2) is 15.9. The van der Waals surface area contributed by atoms with Gasteiger partial charge < -0.3 is 10.2 Å². The van der Waals surface area contributed by atoms with Crippen LogP contribution in [0.15, 0.2) is 127 Å². The van der Waals surface area contributed by atoms with E-state index in [1.807, 2.05) is 83.6 Å². The molecule has 43 heavy (non-hydrogen) atoms. The molecule has 0 aliphatic carbocycles. The Morgan fingerprint density at radius 3 is 1.37 bits per heavy atom. The number of aliphatic imine (C=N–C) groups is 2. The molecule has 2 N–H and O–H groups in total. The Hall–Kier alpha value is -3.45. The molecule has 0 bridgehead atoms. The Bertz CT molecular complexity index is 1710. The van der Waals surface area contributed by atoms with Crippen molar-refractivity contribution in [1.82, 2.24) is 9.97 Å². The van der Waals surface area contributed by atoms with Crippen molar-refractivity contribution in [3.63, 3.8) is 0 Å². The van der Waals surface area contributed by atoms with E-state index in [1.165, 1.54) is 22.7 Å². The topological polar surface area (TPSA) is 91.0 Å². The minimum absolute atomic E-state index is 0. The van der Waals surface area contributed by atoms with Crippen LogP contribution < -0.4 is 0 Å². The first-order chi connectivity index (χ1) is 20.4. The molecule has 11 heteroatoms. The van der Waals surface area contributed by atoms with Crippen LogP contribution in [0.5, 0.6) is 11.5 Å². The molecule has 4 aromatic carbocycles. The van der Waals surface area contributed by atoms with Gasteiger partial charge in [0.05, 0.1) is 11.4 Å². The van der Waals surface area contributed by atoms with Gasteiger partial charge in [-0.2, -0.15) is 0 Å². The number of thiazole rings is 2. The fraction of sp³-hybridized carbons (Fsp3) is 0. The second-order valence-electron chi connectivity index (χ2n) is 8.69. The molecule has 0 amide bonds. The van der Waals surface area contributed by atoms with Gasteiger partial charge in [-0.05, 0) is 36.4 Å².